The van der Waals surface area contributed by atoms with E-state index >= 15 is 0 Å². The minimum Gasteiger partial charge on any atom is -0.505 e. The van der Waals surface area contributed by atoms with E-state index in [1.807, 2.05) is 146 Å². The number of anilines is 2. The number of phenols is 2. The second-order valence-electron chi connectivity index (χ2n) is 13.2. The first kappa shape index (κ1) is 36.7. The number of carbonyl (C=O) groups is 2. The Bertz CT molecular complexity index is 2680. The summed E-state index contributed by atoms with van der Waals surface area (Å²) in [5.74, 6) is -1.43. The van der Waals surface area contributed by atoms with Crippen molar-refractivity contribution in [1.82, 2.24) is 0 Å². The zero-order chi connectivity index (χ0) is 39.8. The van der Waals surface area contributed by atoms with Crippen LogP contribution < -0.4 is 10.6 Å². The van der Waals surface area contributed by atoms with E-state index in [1.54, 1.807) is 36.4 Å². The Labute approximate surface area is 333 Å². The number of nitrogens with zero attached hydrogens (tertiary/aromatic N) is 4. The lowest BCUT2D eigenvalue weighted by molar-refractivity contribution is 0.101. The number of para-hydroxylation sites is 2. The Morgan fingerprint density at radius 3 is 1.19 bits per heavy atom. The molecule has 0 spiro atoms. The topological polar surface area (TPSA) is 148 Å². The monoisotopic (exact) mass is 758 g/mol. The number of fused-ring (bicyclic) bond motifs is 2. The molecule has 0 fully saturated rings. The Balaban J connectivity index is 0.959. The van der Waals surface area contributed by atoms with E-state index < -0.39 is 11.8 Å². The summed E-state index contributed by atoms with van der Waals surface area (Å²) in [5, 5.41) is 48.4. The lowest BCUT2D eigenvalue weighted by atomic mass is 10.0. The third-order valence-corrected chi connectivity index (χ3v) is 9.33. The van der Waals surface area contributed by atoms with Gasteiger partial charge in [0.1, 0.15) is 11.4 Å². The van der Waals surface area contributed by atoms with Crippen molar-refractivity contribution in [2.45, 2.75) is 0 Å². The molecule has 0 radical (unpaired) electrons. The van der Waals surface area contributed by atoms with E-state index in [-0.39, 0.29) is 34.0 Å². The maximum atomic E-state index is 13.2. The molecule has 0 aliphatic carbocycles. The van der Waals surface area contributed by atoms with Crippen LogP contribution in [0.4, 0.5) is 34.1 Å². The maximum Gasteiger partial charge on any atom is 0.259 e. The molecule has 0 aliphatic rings. The highest BCUT2D eigenvalue weighted by atomic mass is 16.3. The van der Waals surface area contributed by atoms with Gasteiger partial charge in [0.05, 0.1) is 22.5 Å². The Morgan fingerprint density at radius 1 is 0.431 bits per heavy atom. The highest BCUT2D eigenvalue weighted by Crippen LogP contribution is 2.41. The number of hydrogen-bond donors (Lipinski definition) is 4. The van der Waals surface area contributed by atoms with Crippen LogP contribution in [0.3, 0.4) is 0 Å². The minimum atomic E-state index is -0.456. The van der Waals surface area contributed by atoms with Crippen LogP contribution in [-0.4, -0.2) is 22.0 Å². The summed E-state index contributed by atoms with van der Waals surface area (Å²) in [7, 11) is 0. The summed E-state index contributed by atoms with van der Waals surface area (Å²) in [6.07, 6.45) is 3.92. The molecule has 0 bridgehead atoms. The van der Waals surface area contributed by atoms with E-state index in [4.69, 9.17) is 0 Å². The number of amides is 2. The Kier molecular flexibility index (Phi) is 10.5. The van der Waals surface area contributed by atoms with Crippen molar-refractivity contribution in [2.24, 2.45) is 20.5 Å². The van der Waals surface area contributed by atoms with Crippen LogP contribution in [-0.2, 0) is 0 Å². The number of carbonyl (C=O) groups excluding carboxylic acids is 2. The van der Waals surface area contributed by atoms with Crippen molar-refractivity contribution in [3.05, 3.63) is 192 Å². The highest BCUT2D eigenvalue weighted by molar-refractivity contribution is 6.12. The standard InChI is InChI=1S/C48H34N6O4/c55-45-41(47(57)49-35-13-3-1-4-14-35)29-33-11-7-9-17-39(33)43(45)53-51-37-25-21-31(22-26-37)19-20-32-23-27-38(28-24-32)52-54-44-40-18-10-8-12-34(40)30-42(46(44)56)48(58)50-36-15-5-2-6-16-36/h1-30,55-56H,(H,49,57)(H,50,58)/b20-19+,53-51?,54-52?. The zero-order valence-electron chi connectivity index (χ0n) is 30.8. The van der Waals surface area contributed by atoms with Gasteiger partial charge in [-0.15, -0.1) is 10.2 Å². The number of nitrogens with one attached hydrogen (secondary N) is 2. The third kappa shape index (κ3) is 8.21. The molecular formula is C48H34N6O4. The first-order valence-corrected chi connectivity index (χ1v) is 18.3. The van der Waals surface area contributed by atoms with Gasteiger partial charge in [0, 0.05) is 22.1 Å². The largest absolute Gasteiger partial charge is 0.505 e. The van der Waals surface area contributed by atoms with Crippen molar-refractivity contribution < 1.29 is 19.8 Å². The number of phenolic OH excluding ortho intramolecular Hbond substituents is 2. The molecule has 10 nitrogen and oxygen atoms in total. The number of rotatable bonds is 10. The molecule has 8 aromatic rings. The molecule has 0 heterocycles. The molecule has 8 aromatic carbocycles. The number of azo groups is 2. The predicted molar refractivity (Wildman–Crippen MR) is 230 cm³/mol. The Hall–Kier alpha value is -8.24. The van der Waals surface area contributed by atoms with Gasteiger partial charge in [-0.1, -0.05) is 121 Å². The zero-order valence-corrected chi connectivity index (χ0v) is 30.8. The fourth-order valence-corrected chi connectivity index (χ4v) is 6.34. The third-order valence-electron chi connectivity index (χ3n) is 9.33. The summed E-state index contributed by atoms with van der Waals surface area (Å²) in [6.45, 7) is 0. The van der Waals surface area contributed by atoms with Gasteiger partial charge >= 0.3 is 0 Å². The number of hydrogen-bond acceptors (Lipinski definition) is 8. The minimum absolute atomic E-state index is 0.0939. The normalized spacial score (nSPS) is 11.5. The van der Waals surface area contributed by atoms with Crippen LogP contribution >= 0.6 is 0 Å². The van der Waals surface area contributed by atoms with Crippen LogP contribution in [0.2, 0.25) is 0 Å². The fourth-order valence-electron chi connectivity index (χ4n) is 6.34. The Morgan fingerprint density at radius 2 is 0.793 bits per heavy atom. The molecule has 8 rings (SSSR count). The summed E-state index contributed by atoms with van der Waals surface area (Å²) >= 11 is 0. The lowest BCUT2D eigenvalue weighted by Gasteiger charge is -2.11. The molecule has 2 amide bonds. The second kappa shape index (κ2) is 16.6. The lowest BCUT2D eigenvalue weighted by Crippen LogP contribution is -2.12. The molecule has 0 saturated heterocycles. The fraction of sp³-hybridized carbons (Fsp3) is 0. The van der Waals surface area contributed by atoms with Crippen LogP contribution in [0, 0.1) is 0 Å². The molecule has 0 atom stereocenters. The van der Waals surface area contributed by atoms with Gasteiger partial charge < -0.3 is 20.8 Å². The molecule has 4 N–H and O–H groups in total. The van der Waals surface area contributed by atoms with Gasteiger partial charge in [0.15, 0.2) is 11.5 Å². The predicted octanol–water partition coefficient (Wildman–Crippen LogP) is 12.9. The van der Waals surface area contributed by atoms with Crippen LogP contribution in [0.25, 0.3) is 33.7 Å². The number of benzene rings is 8. The van der Waals surface area contributed by atoms with Crippen LogP contribution in [0.1, 0.15) is 31.8 Å². The first-order valence-electron chi connectivity index (χ1n) is 18.3. The van der Waals surface area contributed by atoms with Crippen molar-refractivity contribution in [2.75, 3.05) is 10.6 Å². The van der Waals surface area contributed by atoms with Gasteiger partial charge in [-0.05, 0) is 82.6 Å². The van der Waals surface area contributed by atoms with Crippen molar-refractivity contribution in [3.8, 4) is 11.5 Å². The highest BCUT2D eigenvalue weighted by Gasteiger charge is 2.20. The molecule has 10 heteroatoms. The summed E-state index contributed by atoms with van der Waals surface area (Å²) in [4.78, 5) is 26.3. The quantitative estimate of drug-likeness (QED) is 0.0811. The van der Waals surface area contributed by atoms with Crippen molar-refractivity contribution in [3.63, 3.8) is 0 Å². The summed E-state index contributed by atoms with van der Waals surface area (Å²) in [6, 6.07) is 51.0. The summed E-state index contributed by atoms with van der Waals surface area (Å²) in [5.41, 5.74) is 4.79. The average Bonchev–Trinajstić information content (AvgIpc) is 3.26. The molecular weight excluding hydrogens is 725 g/mol. The average molecular weight is 759 g/mol. The maximum absolute atomic E-state index is 13.2. The van der Waals surface area contributed by atoms with Gasteiger partial charge in [0.25, 0.3) is 11.8 Å². The number of aromatic hydroxyl groups is 2. The van der Waals surface area contributed by atoms with Crippen LogP contribution in [0.15, 0.2) is 190 Å². The van der Waals surface area contributed by atoms with E-state index in [0.717, 1.165) is 21.9 Å². The smallest absolute Gasteiger partial charge is 0.259 e. The SMILES string of the molecule is O=C(Nc1ccccc1)c1cc2ccccc2c(N=Nc2ccc(/C=C/c3ccc(N=Nc4c(O)c(C(=O)Nc5ccccc5)cc5ccccc45)cc3)cc2)c1O. The first-order chi connectivity index (χ1) is 28.4. The van der Waals surface area contributed by atoms with Gasteiger partial charge in [-0.2, -0.15) is 10.2 Å². The molecule has 0 saturated carbocycles. The molecule has 0 aromatic heterocycles. The van der Waals surface area contributed by atoms with E-state index in [0.29, 0.717) is 33.5 Å². The molecule has 0 unspecified atom stereocenters. The van der Waals surface area contributed by atoms with E-state index in [9.17, 15) is 19.8 Å². The van der Waals surface area contributed by atoms with E-state index in [2.05, 4.69) is 31.1 Å². The van der Waals surface area contributed by atoms with Gasteiger partial charge in [-0.3, -0.25) is 9.59 Å². The van der Waals surface area contributed by atoms with Crippen molar-refractivity contribution >= 4 is 79.6 Å². The molecule has 280 valence electrons. The van der Waals surface area contributed by atoms with Gasteiger partial charge in [-0.25, -0.2) is 0 Å². The second-order valence-corrected chi connectivity index (χ2v) is 13.2. The van der Waals surface area contributed by atoms with Gasteiger partial charge in [0.2, 0.25) is 0 Å². The van der Waals surface area contributed by atoms with E-state index in [1.165, 1.54) is 0 Å². The molecule has 58 heavy (non-hydrogen) atoms. The van der Waals surface area contributed by atoms with Crippen LogP contribution in [0.5, 0.6) is 11.5 Å². The summed E-state index contributed by atoms with van der Waals surface area (Å²) < 4.78 is 0. The van der Waals surface area contributed by atoms with Crippen molar-refractivity contribution in [1.29, 1.82) is 0 Å². The molecule has 0 aliphatic heterocycles.